The topological polar surface area (TPSA) is 109 Å². The maximum atomic E-state index is 14.0. The van der Waals surface area contributed by atoms with Crippen LogP contribution in [-0.2, 0) is 14.3 Å². The summed E-state index contributed by atoms with van der Waals surface area (Å²) in [5, 5.41) is 0.412. The number of fused-ring (bicyclic) bond motifs is 1. The first-order chi connectivity index (χ1) is 20.1. The zero-order valence-electron chi connectivity index (χ0n) is 23.5. The summed E-state index contributed by atoms with van der Waals surface area (Å²) in [6.45, 7) is 5.20. The van der Waals surface area contributed by atoms with Gasteiger partial charge >= 0.3 is 11.9 Å². The lowest BCUT2D eigenvalue weighted by Crippen LogP contribution is -2.40. The van der Waals surface area contributed by atoms with Crippen LogP contribution >= 0.6 is 22.9 Å². The Kier molecular flexibility index (Phi) is 8.20. The second kappa shape index (κ2) is 11.8. The van der Waals surface area contributed by atoms with Gasteiger partial charge in [-0.2, -0.15) is 0 Å². The van der Waals surface area contributed by atoms with Gasteiger partial charge in [-0.3, -0.25) is 9.36 Å². The van der Waals surface area contributed by atoms with Gasteiger partial charge in [0.2, 0.25) is 0 Å². The number of rotatable bonds is 7. The van der Waals surface area contributed by atoms with Gasteiger partial charge in [0.25, 0.3) is 5.56 Å². The molecule has 0 amide bonds. The van der Waals surface area contributed by atoms with Crippen LogP contribution in [0, 0.1) is 0 Å². The number of methoxy groups -OCH3 is 2. The second-order valence-corrected chi connectivity index (χ2v) is 11.1. The number of nitrogens with zero attached hydrogens (tertiary/aromatic N) is 2. The van der Waals surface area contributed by atoms with Gasteiger partial charge in [-0.15, -0.1) is 0 Å². The van der Waals surface area contributed by atoms with E-state index in [0.29, 0.717) is 54.0 Å². The van der Waals surface area contributed by atoms with Gasteiger partial charge in [-0.1, -0.05) is 41.1 Å². The summed E-state index contributed by atoms with van der Waals surface area (Å²) in [7, 11) is 2.82. The molecule has 2 aromatic carbocycles. The first-order valence-electron chi connectivity index (χ1n) is 13.0. The van der Waals surface area contributed by atoms with Crippen molar-refractivity contribution in [3.63, 3.8) is 0 Å². The Labute approximate surface area is 249 Å². The lowest BCUT2D eigenvalue weighted by Gasteiger charge is -2.26. The lowest BCUT2D eigenvalue weighted by molar-refractivity contribution is -0.143. The van der Waals surface area contributed by atoms with Gasteiger partial charge in [0.05, 0.1) is 41.7 Å². The Balaban J connectivity index is 1.67. The molecular formula is C31H27ClN2O7S. The van der Waals surface area contributed by atoms with Crippen LogP contribution in [0.1, 0.15) is 48.5 Å². The Bertz CT molecular complexity index is 1920. The van der Waals surface area contributed by atoms with Gasteiger partial charge in [0.1, 0.15) is 23.3 Å². The molecule has 0 N–H and O–H groups in total. The molecule has 216 valence electrons. The number of allylic oxidation sites excluding steroid dienone is 1. The summed E-state index contributed by atoms with van der Waals surface area (Å²) in [5.41, 5.74) is 1.67. The van der Waals surface area contributed by atoms with Crippen molar-refractivity contribution in [2.45, 2.75) is 32.9 Å². The molecule has 9 nitrogen and oxygen atoms in total. The van der Waals surface area contributed by atoms with Crippen molar-refractivity contribution in [2.24, 2.45) is 4.99 Å². The average molecular weight is 607 g/mol. The van der Waals surface area contributed by atoms with Crippen molar-refractivity contribution in [1.29, 1.82) is 0 Å². The van der Waals surface area contributed by atoms with Crippen LogP contribution in [0.2, 0.25) is 5.02 Å². The molecular weight excluding hydrogens is 580 g/mol. The van der Waals surface area contributed by atoms with Crippen LogP contribution in [0.3, 0.4) is 0 Å². The predicted molar refractivity (Wildman–Crippen MR) is 158 cm³/mol. The van der Waals surface area contributed by atoms with E-state index in [0.717, 1.165) is 11.3 Å². The average Bonchev–Trinajstić information content (AvgIpc) is 3.55. The Hall–Kier alpha value is -4.41. The van der Waals surface area contributed by atoms with E-state index in [2.05, 4.69) is 4.99 Å². The number of esters is 2. The molecule has 2 aromatic heterocycles. The molecule has 5 rings (SSSR count). The van der Waals surface area contributed by atoms with Crippen LogP contribution in [0.4, 0.5) is 0 Å². The highest BCUT2D eigenvalue weighted by molar-refractivity contribution is 7.07. The van der Waals surface area contributed by atoms with E-state index < -0.39 is 18.0 Å². The van der Waals surface area contributed by atoms with Crippen molar-refractivity contribution >= 4 is 41.0 Å². The molecule has 0 bridgehead atoms. The van der Waals surface area contributed by atoms with Gasteiger partial charge in [-0.05, 0) is 57.2 Å². The number of aromatic nitrogens is 1. The van der Waals surface area contributed by atoms with Crippen LogP contribution in [0.25, 0.3) is 17.4 Å². The Morgan fingerprint density at radius 2 is 1.86 bits per heavy atom. The third-order valence-electron chi connectivity index (χ3n) is 6.57. The fraction of sp³-hybridized carbons (Fsp3) is 0.226. The monoisotopic (exact) mass is 606 g/mol. The second-order valence-electron chi connectivity index (χ2n) is 9.66. The minimum Gasteiger partial charge on any atom is -0.496 e. The number of furan rings is 1. The van der Waals surface area contributed by atoms with Gasteiger partial charge in [0, 0.05) is 22.2 Å². The lowest BCUT2D eigenvalue weighted by atomic mass is 9.95. The van der Waals surface area contributed by atoms with Crippen LogP contribution in [0.15, 0.2) is 80.1 Å². The number of benzene rings is 2. The summed E-state index contributed by atoms with van der Waals surface area (Å²) in [6.07, 6.45) is 1.22. The van der Waals surface area contributed by atoms with E-state index in [-0.39, 0.29) is 17.2 Å². The van der Waals surface area contributed by atoms with Crippen LogP contribution in [-0.4, -0.2) is 36.8 Å². The molecule has 11 heteroatoms. The van der Waals surface area contributed by atoms with Gasteiger partial charge in [-0.25, -0.2) is 14.6 Å². The number of hydrogen-bond donors (Lipinski definition) is 0. The molecule has 0 fully saturated rings. The van der Waals surface area contributed by atoms with Crippen LogP contribution in [0.5, 0.6) is 5.75 Å². The van der Waals surface area contributed by atoms with Gasteiger partial charge in [0.15, 0.2) is 4.80 Å². The molecule has 1 aliphatic heterocycles. The third-order valence-corrected chi connectivity index (χ3v) is 7.79. The van der Waals surface area contributed by atoms with Crippen molar-refractivity contribution in [3.05, 3.63) is 107 Å². The highest BCUT2D eigenvalue weighted by Crippen LogP contribution is 2.37. The highest BCUT2D eigenvalue weighted by atomic mass is 35.5. The van der Waals surface area contributed by atoms with E-state index in [1.54, 1.807) is 81.4 Å². The summed E-state index contributed by atoms with van der Waals surface area (Å²) >= 11 is 7.52. The minimum absolute atomic E-state index is 0.211. The van der Waals surface area contributed by atoms with Crippen LogP contribution < -0.4 is 19.6 Å². The zero-order chi connectivity index (χ0) is 30.1. The maximum absolute atomic E-state index is 14.0. The fourth-order valence-corrected chi connectivity index (χ4v) is 5.97. The number of hydrogen-bond acceptors (Lipinski definition) is 9. The quantitative estimate of drug-likeness (QED) is 0.275. The normalized spacial score (nSPS) is 14.9. The van der Waals surface area contributed by atoms with Gasteiger partial charge < -0.3 is 18.6 Å². The number of carbonyl (C=O) groups is 2. The smallest absolute Gasteiger partial charge is 0.338 e. The summed E-state index contributed by atoms with van der Waals surface area (Å²) in [5.74, 6) is 0.194. The van der Waals surface area contributed by atoms with E-state index in [1.807, 2.05) is 0 Å². The number of carbonyl (C=O) groups excluding carboxylic acids is 2. The Morgan fingerprint density at radius 1 is 1.10 bits per heavy atom. The number of thiazole rings is 1. The van der Waals surface area contributed by atoms with E-state index in [9.17, 15) is 14.4 Å². The molecule has 4 aromatic rings. The number of ether oxygens (including phenoxy) is 3. The minimum atomic E-state index is -0.901. The maximum Gasteiger partial charge on any atom is 0.338 e. The van der Waals surface area contributed by atoms with E-state index >= 15 is 0 Å². The van der Waals surface area contributed by atoms with E-state index in [4.69, 9.17) is 30.2 Å². The Morgan fingerprint density at radius 3 is 2.57 bits per heavy atom. The molecule has 0 aliphatic carbocycles. The number of halogens is 1. The first-order valence-corrected chi connectivity index (χ1v) is 14.2. The molecule has 0 saturated carbocycles. The molecule has 1 atom stereocenters. The predicted octanol–water partition coefficient (Wildman–Crippen LogP) is 4.90. The molecule has 0 unspecified atom stereocenters. The molecule has 42 heavy (non-hydrogen) atoms. The van der Waals surface area contributed by atoms with Crippen molar-refractivity contribution < 1.29 is 28.2 Å². The zero-order valence-corrected chi connectivity index (χ0v) is 25.0. The largest absolute Gasteiger partial charge is 0.496 e. The fourth-order valence-electron chi connectivity index (χ4n) is 4.76. The molecule has 1 aliphatic rings. The molecule has 3 heterocycles. The molecule has 0 spiro atoms. The van der Waals surface area contributed by atoms with E-state index in [1.165, 1.54) is 18.8 Å². The summed E-state index contributed by atoms with van der Waals surface area (Å²) in [4.78, 5) is 44.6. The first kappa shape index (κ1) is 29.1. The van der Waals surface area contributed by atoms with Crippen molar-refractivity contribution in [3.8, 4) is 17.1 Å². The standard InChI is InChI=1S/C31H27ClN2O7S/c1-16(2)40-30(37)26-17(3)33-31-34(27(26)22-14-18(32)10-12-23(22)38-4)28(35)25(42-31)15-19-11-13-24(41-19)20-8-6-7-9-21(20)29(36)39-5/h6-16,27H,1-5H3/b25-15-/t27-/m0/s1. The molecule has 0 saturated heterocycles. The van der Waals surface area contributed by atoms with Crippen molar-refractivity contribution in [2.75, 3.05) is 14.2 Å². The highest BCUT2D eigenvalue weighted by Gasteiger charge is 2.35. The SMILES string of the molecule is COC(=O)c1ccccc1-c1ccc(/C=c2\sc3n(c2=O)[C@@H](c2cc(Cl)ccc2OC)C(C(=O)OC(C)C)=C(C)N=3)o1. The summed E-state index contributed by atoms with van der Waals surface area (Å²) in [6, 6.07) is 14.5. The third kappa shape index (κ3) is 5.43. The summed E-state index contributed by atoms with van der Waals surface area (Å²) < 4.78 is 23.9. The van der Waals surface area contributed by atoms with Crippen molar-refractivity contribution in [1.82, 2.24) is 4.57 Å². The molecule has 0 radical (unpaired) electrons.